The molecule has 18 heavy (non-hydrogen) atoms. The van der Waals surface area contributed by atoms with Crippen molar-refractivity contribution in [2.24, 2.45) is 5.92 Å². The van der Waals surface area contributed by atoms with Crippen LogP contribution in [0.2, 0.25) is 0 Å². The lowest BCUT2D eigenvalue weighted by molar-refractivity contribution is -0.137. The Balaban J connectivity index is 3.13. The summed E-state index contributed by atoms with van der Waals surface area (Å²) in [5, 5.41) is 0. The molecule has 0 bridgehead atoms. The third-order valence-electron chi connectivity index (χ3n) is 2.82. The van der Waals surface area contributed by atoms with Gasteiger partial charge in [-0.1, -0.05) is 20.3 Å². The predicted molar refractivity (Wildman–Crippen MR) is 59.8 cm³/mol. The largest absolute Gasteiger partial charge is 0.417 e. The van der Waals surface area contributed by atoms with Crippen LogP contribution in [0.1, 0.15) is 42.6 Å². The molecule has 1 unspecified atom stereocenters. The number of hydrogen-bond acceptors (Lipinski definition) is 1. The van der Waals surface area contributed by atoms with E-state index in [9.17, 15) is 22.4 Å². The van der Waals surface area contributed by atoms with Gasteiger partial charge in [-0.2, -0.15) is 13.2 Å². The van der Waals surface area contributed by atoms with E-state index in [1.807, 2.05) is 6.92 Å². The van der Waals surface area contributed by atoms with Gasteiger partial charge in [0.15, 0.2) is 5.78 Å². The molecule has 1 nitrogen and oxygen atoms in total. The van der Waals surface area contributed by atoms with Gasteiger partial charge in [-0.3, -0.25) is 4.79 Å². The van der Waals surface area contributed by atoms with E-state index in [2.05, 4.69) is 0 Å². The fourth-order valence-corrected chi connectivity index (χ4v) is 1.57. The van der Waals surface area contributed by atoms with E-state index in [4.69, 9.17) is 0 Å². The minimum atomic E-state index is -4.64. The summed E-state index contributed by atoms with van der Waals surface area (Å²) in [5.74, 6) is -1.53. The first-order valence-electron chi connectivity index (χ1n) is 5.65. The molecule has 0 saturated carbocycles. The number of hydrogen-bond donors (Lipinski definition) is 0. The van der Waals surface area contributed by atoms with Crippen molar-refractivity contribution in [3.63, 3.8) is 0 Å². The van der Waals surface area contributed by atoms with Crippen molar-refractivity contribution in [2.45, 2.75) is 32.9 Å². The second-order valence-electron chi connectivity index (χ2n) is 4.33. The van der Waals surface area contributed by atoms with Crippen molar-refractivity contribution in [1.29, 1.82) is 0 Å². The fraction of sp³-hybridized carbons (Fsp3) is 0.462. The first kappa shape index (κ1) is 14.7. The molecule has 0 aromatic heterocycles. The first-order chi connectivity index (χ1) is 8.25. The van der Waals surface area contributed by atoms with E-state index in [1.54, 1.807) is 6.92 Å². The third kappa shape index (κ3) is 3.55. The second kappa shape index (κ2) is 5.50. The van der Waals surface area contributed by atoms with Crippen LogP contribution in [-0.2, 0) is 6.18 Å². The number of rotatable bonds is 4. The van der Waals surface area contributed by atoms with Crippen LogP contribution in [0.15, 0.2) is 18.2 Å². The van der Waals surface area contributed by atoms with Crippen LogP contribution >= 0.6 is 0 Å². The molecule has 0 N–H and O–H groups in total. The molecule has 0 fully saturated rings. The number of ketones is 1. The molecule has 1 rings (SSSR count). The van der Waals surface area contributed by atoms with E-state index < -0.39 is 28.9 Å². The predicted octanol–water partition coefficient (Wildman–Crippen LogP) is 4.46. The maximum absolute atomic E-state index is 13.0. The highest BCUT2D eigenvalue weighted by Gasteiger charge is 2.35. The SMILES string of the molecule is CCC(C)CC(=O)c1cc(F)ccc1C(F)(F)F. The normalized spacial score (nSPS) is 13.4. The highest BCUT2D eigenvalue weighted by molar-refractivity contribution is 5.97. The van der Waals surface area contributed by atoms with Crippen LogP contribution in [0.5, 0.6) is 0 Å². The van der Waals surface area contributed by atoms with Gasteiger partial charge in [-0.25, -0.2) is 4.39 Å². The van der Waals surface area contributed by atoms with Crippen LogP contribution in [0.4, 0.5) is 17.6 Å². The van der Waals surface area contributed by atoms with Gasteiger partial charge in [0.25, 0.3) is 0 Å². The van der Waals surface area contributed by atoms with Gasteiger partial charge in [0, 0.05) is 12.0 Å². The Morgan fingerprint density at radius 2 is 1.94 bits per heavy atom. The summed E-state index contributed by atoms with van der Waals surface area (Å²) in [4.78, 5) is 11.8. The van der Waals surface area contributed by atoms with Gasteiger partial charge in [-0.05, 0) is 24.1 Å². The maximum Gasteiger partial charge on any atom is 0.417 e. The highest BCUT2D eigenvalue weighted by atomic mass is 19.4. The Bertz CT molecular complexity index is 437. The van der Waals surface area contributed by atoms with Crippen LogP contribution in [0.25, 0.3) is 0 Å². The summed E-state index contributed by atoms with van der Waals surface area (Å²) in [6, 6.07) is 1.98. The Hall–Kier alpha value is -1.39. The number of Topliss-reactive ketones (excluding diaryl/α,β-unsaturated/α-hetero) is 1. The summed E-state index contributed by atoms with van der Waals surface area (Å²) >= 11 is 0. The molecule has 0 aliphatic heterocycles. The molecule has 0 spiro atoms. The fourth-order valence-electron chi connectivity index (χ4n) is 1.57. The summed E-state index contributed by atoms with van der Waals surface area (Å²) in [6.07, 6.45) is -3.97. The number of carbonyl (C=O) groups excluding carboxylic acids is 1. The van der Waals surface area contributed by atoms with Gasteiger partial charge < -0.3 is 0 Å². The molecule has 0 heterocycles. The average Bonchev–Trinajstić information content (AvgIpc) is 2.26. The van der Waals surface area contributed by atoms with Gasteiger partial charge in [0.1, 0.15) is 5.82 Å². The molecule has 0 radical (unpaired) electrons. The Morgan fingerprint density at radius 3 is 2.44 bits per heavy atom. The lowest BCUT2D eigenvalue weighted by atomic mass is 9.94. The molecule has 1 aromatic rings. The van der Waals surface area contributed by atoms with Crippen molar-refractivity contribution >= 4 is 5.78 Å². The van der Waals surface area contributed by atoms with Gasteiger partial charge >= 0.3 is 6.18 Å². The molecule has 0 aliphatic rings. The van der Waals surface area contributed by atoms with Crippen LogP contribution in [0.3, 0.4) is 0 Å². The van der Waals surface area contributed by atoms with Crippen LogP contribution in [-0.4, -0.2) is 5.78 Å². The third-order valence-corrected chi connectivity index (χ3v) is 2.82. The molecule has 1 atom stereocenters. The zero-order valence-electron chi connectivity index (χ0n) is 10.1. The average molecular weight is 262 g/mol. The Morgan fingerprint density at radius 1 is 1.33 bits per heavy atom. The van der Waals surface area contributed by atoms with E-state index in [0.717, 1.165) is 0 Å². The Kier molecular flexibility index (Phi) is 4.48. The minimum absolute atomic E-state index is 0.0109. The van der Waals surface area contributed by atoms with Crippen molar-refractivity contribution in [1.82, 2.24) is 0 Å². The van der Waals surface area contributed by atoms with Crippen molar-refractivity contribution in [3.05, 3.63) is 35.1 Å². The number of halogens is 4. The molecule has 0 aliphatic carbocycles. The molecule has 100 valence electrons. The summed E-state index contributed by atoms with van der Waals surface area (Å²) < 4.78 is 51.1. The van der Waals surface area contributed by atoms with Crippen LogP contribution < -0.4 is 0 Å². The second-order valence-corrected chi connectivity index (χ2v) is 4.33. The lowest BCUT2D eigenvalue weighted by Gasteiger charge is -2.13. The molecule has 0 saturated heterocycles. The maximum atomic E-state index is 13.0. The standard InChI is InChI=1S/C13H14F4O/c1-3-8(2)6-12(18)10-7-9(14)4-5-11(10)13(15,16)17/h4-5,7-8H,3,6H2,1-2H3. The van der Waals surface area contributed by atoms with Crippen LogP contribution in [0, 0.1) is 11.7 Å². The zero-order valence-corrected chi connectivity index (χ0v) is 10.1. The van der Waals surface area contributed by atoms with Gasteiger partial charge in [0.05, 0.1) is 5.56 Å². The van der Waals surface area contributed by atoms with E-state index in [0.29, 0.717) is 24.6 Å². The smallest absolute Gasteiger partial charge is 0.294 e. The first-order valence-corrected chi connectivity index (χ1v) is 5.65. The summed E-state index contributed by atoms with van der Waals surface area (Å²) in [5.41, 5.74) is -1.65. The van der Waals surface area contributed by atoms with Gasteiger partial charge in [0.2, 0.25) is 0 Å². The van der Waals surface area contributed by atoms with Crippen molar-refractivity contribution < 1.29 is 22.4 Å². The zero-order chi connectivity index (χ0) is 13.9. The summed E-state index contributed by atoms with van der Waals surface area (Å²) in [6.45, 7) is 3.61. The number of benzene rings is 1. The molecule has 1 aromatic carbocycles. The number of carbonyl (C=O) groups is 1. The quantitative estimate of drug-likeness (QED) is 0.578. The molecular formula is C13H14F4O. The number of alkyl halides is 3. The Labute approximate surface area is 103 Å². The molecular weight excluding hydrogens is 248 g/mol. The topological polar surface area (TPSA) is 17.1 Å². The van der Waals surface area contributed by atoms with E-state index in [1.165, 1.54) is 0 Å². The van der Waals surface area contributed by atoms with E-state index in [-0.39, 0.29) is 12.3 Å². The van der Waals surface area contributed by atoms with Crippen molar-refractivity contribution in [2.75, 3.05) is 0 Å². The lowest BCUT2D eigenvalue weighted by Crippen LogP contribution is -2.15. The van der Waals surface area contributed by atoms with Gasteiger partial charge in [-0.15, -0.1) is 0 Å². The molecule has 5 heteroatoms. The highest BCUT2D eigenvalue weighted by Crippen LogP contribution is 2.33. The monoisotopic (exact) mass is 262 g/mol. The minimum Gasteiger partial charge on any atom is -0.294 e. The van der Waals surface area contributed by atoms with Crippen molar-refractivity contribution in [3.8, 4) is 0 Å². The van der Waals surface area contributed by atoms with E-state index >= 15 is 0 Å². The molecule has 0 amide bonds. The summed E-state index contributed by atoms with van der Waals surface area (Å²) in [7, 11) is 0.